The van der Waals surface area contributed by atoms with Crippen LogP contribution in [0.2, 0.25) is 5.02 Å². The number of fused-ring (bicyclic) bond motifs is 1. The molecule has 1 atom stereocenters. The van der Waals surface area contributed by atoms with Crippen LogP contribution in [0, 0.1) is 6.92 Å². The van der Waals surface area contributed by atoms with E-state index in [1.165, 1.54) is 29.7 Å². The van der Waals surface area contributed by atoms with Crippen molar-refractivity contribution in [1.29, 1.82) is 0 Å². The van der Waals surface area contributed by atoms with Gasteiger partial charge in [0, 0.05) is 28.1 Å². The molecule has 0 fully saturated rings. The van der Waals surface area contributed by atoms with E-state index < -0.39 is 0 Å². The second kappa shape index (κ2) is 6.37. The van der Waals surface area contributed by atoms with Gasteiger partial charge in [0.05, 0.1) is 0 Å². The van der Waals surface area contributed by atoms with E-state index in [2.05, 4.69) is 22.1 Å². The van der Waals surface area contributed by atoms with Crippen molar-refractivity contribution >= 4 is 24.2 Å². The van der Waals surface area contributed by atoms with E-state index in [1.807, 2.05) is 13.0 Å². The van der Waals surface area contributed by atoms with Gasteiger partial charge in [0.15, 0.2) is 0 Å². The molecule has 1 unspecified atom stereocenters. The topological polar surface area (TPSA) is 25.8 Å². The van der Waals surface area contributed by atoms with Gasteiger partial charge in [-0.2, -0.15) is 12.6 Å². The molecule has 21 heavy (non-hydrogen) atoms. The quantitative estimate of drug-likeness (QED) is 0.841. The lowest BCUT2D eigenvalue weighted by Gasteiger charge is -2.19. The van der Waals surface area contributed by atoms with E-state index in [-0.39, 0.29) is 5.25 Å². The summed E-state index contributed by atoms with van der Waals surface area (Å²) in [6.45, 7) is 2.03. The maximum atomic E-state index is 6.09. The Morgan fingerprint density at radius 3 is 2.86 bits per heavy atom. The number of thiol groups is 1. The second-order valence-electron chi connectivity index (χ2n) is 5.68. The number of hydrogen-bond donors (Lipinski definition) is 1. The Kier molecular flexibility index (Phi) is 4.51. The third-order valence-corrected chi connectivity index (χ3v) is 5.07. The molecular formula is C17H19ClN2S. The van der Waals surface area contributed by atoms with Crippen LogP contribution >= 0.6 is 24.2 Å². The van der Waals surface area contributed by atoms with Crippen LogP contribution < -0.4 is 0 Å². The number of aryl methyl sites for hydroxylation is 2. The van der Waals surface area contributed by atoms with Crippen molar-refractivity contribution in [3.05, 3.63) is 57.6 Å². The van der Waals surface area contributed by atoms with Crippen LogP contribution in [0.15, 0.2) is 24.5 Å². The number of halogens is 1. The molecule has 110 valence electrons. The second-order valence-corrected chi connectivity index (χ2v) is 6.71. The minimum absolute atomic E-state index is 0.141. The van der Waals surface area contributed by atoms with Crippen molar-refractivity contribution in [2.75, 3.05) is 0 Å². The Hall–Kier alpha value is -1.06. The van der Waals surface area contributed by atoms with Crippen LogP contribution in [-0.2, 0) is 19.3 Å². The van der Waals surface area contributed by atoms with Gasteiger partial charge in [-0.3, -0.25) is 0 Å². The van der Waals surface area contributed by atoms with E-state index in [0.29, 0.717) is 0 Å². The van der Waals surface area contributed by atoms with Gasteiger partial charge in [-0.15, -0.1) is 0 Å². The molecule has 0 saturated carbocycles. The lowest BCUT2D eigenvalue weighted by Crippen LogP contribution is -2.12. The largest absolute Gasteiger partial charge is 0.241 e. The Morgan fingerprint density at radius 1 is 1.24 bits per heavy atom. The molecular weight excluding hydrogens is 300 g/mol. The fourth-order valence-corrected chi connectivity index (χ4v) is 3.39. The van der Waals surface area contributed by atoms with Gasteiger partial charge in [0.25, 0.3) is 0 Å². The number of nitrogens with zero attached hydrogens (tertiary/aromatic N) is 2. The molecule has 0 bridgehead atoms. The first-order chi connectivity index (χ1) is 10.1. The van der Waals surface area contributed by atoms with Crippen molar-refractivity contribution in [1.82, 2.24) is 9.97 Å². The SMILES string of the molecule is Cc1cc(C(S)Cc2ncnc3c2CCCC3)ccc1Cl. The highest BCUT2D eigenvalue weighted by atomic mass is 35.5. The van der Waals surface area contributed by atoms with Crippen LogP contribution in [0.25, 0.3) is 0 Å². The minimum atomic E-state index is 0.141. The van der Waals surface area contributed by atoms with Crippen molar-refractivity contribution in [3.63, 3.8) is 0 Å². The molecule has 2 nitrogen and oxygen atoms in total. The fraction of sp³-hybridized carbons (Fsp3) is 0.412. The molecule has 2 aromatic rings. The van der Waals surface area contributed by atoms with E-state index >= 15 is 0 Å². The van der Waals surface area contributed by atoms with Gasteiger partial charge in [-0.1, -0.05) is 23.7 Å². The van der Waals surface area contributed by atoms with Crippen molar-refractivity contribution in [3.8, 4) is 0 Å². The molecule has 0 N–H and O–H groups in total. The maximum absolute atomic E-state index is 6.09. The third kappa shape index (κ3) is 3.24. The molecule has 0 spiro atoms. The molecule has 1 aliphatic rings. The van der Waals surface area contributed by atoms with Crippen LogP contribution in [0.1, 0.15) is 46.2 Å². The molecule has 1 aromatic heterocycles. The first kappa shape index (κ1) is 14.9. The van der Waals surface area contributed by atoms with Crippen molar-refractivity contribution < 1.29 is 0 Å². The standard InChI is InChI=1S/C17H19ClN2S/c1-11-8-12(6-7-14(11)18)17(21)9-16-13-4-2-3-5-15(13)19-10-20-16/h6-8,10,17,21H,2-5,9H2,1H3. The molecule has 0 radical (unpaired) electrons. The predicted molar refractivity (Wildman–Crippen MR) is 90.3 cm³/mol. The smallest absolute Gasteiger partial charge is 0.115 e. The van der Waals surface area contributed by atoms with Gasteiger partial charge < -0.3 is 0 Å². The van der Waals surface area contributed by atoms with Crippen LogP contribution in [0.3, 0.4) is 0 Å². The number of benzene rings is 1. The highest BCUT2D eigenvalue weighted by Crippen LogP contribution is 2.30. The van der Waals surface area contributed by atoms with E-state index in [4.69, 9.17) is 24.2 Å². The summed E-state index contributed by atoms with van der Waals surface area (Å²) in [5.41, 5.74) is 6.04. The van der Waals surface area contributed by atoms with Gasteiger partial charge in [-0.25, -0.2) is 9.97 Å². The molecule has 4 heteroatoms. The zero-order valence-electron chi connectivity index (χ0n) is 12.1. The Bertz CT molecular complexity index is 657. The molecule has 1 aliphatic carbocycles. The Labute approximate surface area is 136 Å². The highest BCUT2D eigenvalue weighted by molar-refractivity contribution is 7.80. The van der Waals surface area contributed by atoms with Crippen LogP contribution in [0.4, 0.5) is 0 Å². The molecule has 0 saturated heterocycles. The number of rotatable bonds is 3. The first-order valence-electron chi connectivity index (χ1n) is 7.41. The first-order valence-corrected chi connectivity index (χ1v) is 8.30. The van der Waals surface area contributed by atoms with Crippen molar-refractivity contribution in [2.45, 2.75) is 44.3 Å². The molecule has 1 aromatic carbocycles. The van der Waals surface area contributed by atoms with Gasteiger partial charge >= 0.3 is 0 Å². The minimum Gasteiger partial charge on any atom is -0.241 e. The van der Waals surface area contributed by atoms with Crippen LogP contribution in [-0.4, -0.2) is 9.97 Å². The predicted octanol–water partition coefficient (Wildman–Crippen LogP) is 4.53. The summed E-state index contributed by atoms with van der Waals surface area (Å²) < 4.78 is 0. The third-order valence-electron chi connectivity index (χ3n) is 4.17. The summed E-state index contributed by atoms with van der Waals surface area (Å²) in [4.78, 5) is 8.94. The average molecular weight is 319 g/mol. The van der Waals surface area contributed by atoms with Crippen molar-refractivity contribution in [2.24, 2.45) is 0 Å². The van der Waals surface area contributed by atoms with Gasteiger partial charge in [0.2, 0.25) is 0 Å². The van der Waals surface area contributed by atoms with E-state index in [1.54, 1.807) is 6.33 Å². The molecule has 3 rings (SSSR count). The summed E-state index contributed by atoms with van der Waals surface area (Å²) in [7, 11) is 0. The lowest BCUT2D eigenvalue weighted by molar-refractivity contribution is 0.648. The summed E-state index contributed by atoms with van der Waals surface area (Å²) in [5, 5.41) is 0.945. The number of aromatic nitrogens is 2. The summed E-state index contributed by atoms with van der Waals surface area (Å²) in [6.07, 6.45) is 7.21. The van der Waals surface area contributed by atoms with Gasteiger partial charge in [-0.05, 0) is 55.4 Å². The Balaban J connectivity index is 1.84. The highest BCUT2D eigenvalue weighted by Gasteiger charge is 2.18. The summed E-state index contributed by atoms with van der Waals surface area (Å²) in [5.74, 6) is 0. The number of hydrogen-bond acceptors (Lipinski definition) is 3. The summed E-state index contributed by atoms with van der Waals surface area (Å²) in [6, 6.07) is 6.12. The van der Waals surface area contributed by atoms with Gasteiger partial charge in [0.1, 0.15) is 6.33 Å². The molecule has 0 amide bonds. The lowest BCUT2D eigenvalue weighted by atomic mass is 9.92. The molecule has 1 heterocycles. The monoisotopic (exact) mass is 318 g/mol. The average Bonchev–Trinajstić information content (AvgIpc) is 2.50. The van der Waals surface area contributed by atoms with E-state index in [0.717, 1.165) is 35.5 Å². The fourth-order valence-electron chi connectivity index (χ4n) is 2.94. The zero-order valence-corrected chi connectivity index (χ0v) is 13.8. The normalized spacial score (nSPS) is 15.6. The molecule has 0 aliphatic heterocycles. The van der Waals surface area contributed by atoms with E-state index in [9.17, 15) is 0 Å². The summed E-state index contributed by atoms with van der Waals surface area (Å²) >= 11 is 10.9. The maximum Gasteiger partial charge on any atom is 0.115 e. The Morgan fingerprint density at radius 2 is 2.05 bits per heavy atom. The van der Waals surface area contributed by atoms with Crippen LogP contribution in [0.5, 0.6) is 0 Å². The zero-order chi connectivity index (χ0) is 14.8.